The van der Waals surface area contributed by atoms with Crippen LogP contribution >= 0.6 is 15.9 Å². The molecule has 0 aliphatic rings. The van der Waals surface area contributed by atoms with Crippen LogP contribution < -0.4 is 9.80 Å². The molecule has 252 valence electrons. The number of halogens is 1. The van der Waals surface area contributed by atoms with E-state index < -0.39 is 0 Å². The maximum absolute atomic E-state index is 3.91. The molecule has 3 heteroatoms. The highest BCUT2D eigenvalue weighted by molar-refractivity contribution is 9.10. The molecule has 0 radical (unpaired) electrons. The van der Waals surface area contributed by atoms with E-state index in [2.05, 4.69) is 238 Å². The molecule has 0 N–H and O–H groups in total. The second-order valence-corrected chi connectivity index (χ2v) is 14.1. The Morgan fingerprint density at radius 3 is 1.00 bits per heavy atom. The highest BCUT2D eigenvalue weighted by Crippen LogP contribution is 2.43. The fourth-order valence-corrected chi connectivity index (χ4v) is 7.68. The van der Waals surface area contributed by atoms with Gasteiger partial charge < -0.3 is 9.80 Å². The Balaban J connectivity index is 1.15. The van der Waals surface area contributed by atoms with Gasteiger partial charge in [-0.2, -0.15) is 0 Å². The van der Waals surface area contributed by atoms with Crippen molar-refractivity contribution in [2.75, 3.05) is 9.80 Å². The van der Waals surface area contributed by atoms with E-state index >= 15 is 0 Å². The zero-order valence-corrected chi connectivity index (χ0v) is 30.6. The van der Waals surface area contributed by atoms with Gasteiger partial charge in [0.15, 0.2) is 0 Å². The Morgan fingerprint density at radius 1 is 0.245 bits per heavy atom. The molecule has 0 saturated heterocycles. The van der Waals surface area contributed by atoms with E-state index in [0.29, 0.717) is 0 Å². The summed E-state index contributed by atoms with van der Waals surface area (Å²) in [5.41, 5.74) is 11.2. The Bertz CT molecular complexity index is 2510. The molecule has 0 saturated carbocycles. The van der Waals surface area contributed by atoms with Crippen LogP contribution in [0.5, 0.6) is 0 Å². The summed E-state index contributed by atoms with van der Waals surface area (Å²) < 4.78 is 0.993. The van der Waals surface area contributed by atoms with Gasteiger partial charge >= 0.3 is 0 Å². The summed E-state index contributed by atoms with van der Waals surface area (Å²) >= 11 is 3.91. The van der Waals surface area contributed by atoms with Crippen molar-refractivity contribution in [1.82, 2.24) is 0 Å². The molecule has 0 aliphatic carbocycles. The average molecular weight is 744 g/mol. The molecule has 0 atom stereocenters. The summed E-state index contributed by atoms with van der Waals surface area (Å²) in [4.78, 5) is 4.65. The van der Waals surface area contributed by atoms with E-state index in [1.165, 1.54) is 43.8 Å². The third-order valence-electron chi connectivity index (χ3n) is 9.83. The zero-order valence-electron chi connectivity index (χ0n) is 29.0. The molecular weight excluding hydrogens is 708 g/mol. The number of nitrogens with zero attached hydrogens (tertiary/aromatic N) is 2. The van der Waals surface area contributed by atoms with Crippen LogP contribution in [0.25, 0.3) is 43.8 Å². The van der Waals surface area contributed by atoms with Crippen molar-refractivity contribution in [3.05, 3.63) is 217 Å². The highest BCUT2D eigenvalue weighted by Gasteiger charge is 2.19. The van der Waals surface area contributed by atoms with Crippen LogP contribution in [-0.2, 0) is 0 Å². The maximum Gasteiger partial charge on any atom is 0.0493 e. The van der Waals surface area contributed by atoms with E-state index in [4.69, 9.17) is 0 Å². The SMILES string of the molecule is Brc1cc(N(c2ccccc2)c2ccccc2)cc(N(c2ccc(-c3ccc4ccccc4c3)cc2)c2ccc(-c3ccc4ccccc4c3)cc2)c1. The number of para-hydroxylation sites is 2. The normalized spacial score (nSPS) is 11.1. The second kappa shape index (κ2) is 14.3. The summed E-state index contributed by atoms with van der Waals surface area (Å²) in [5.74, 6) is 0. The van der Waals surface area contributed by atoms with Crippen molar-refractivity contribution < 1.29 is 0 Å². The summed E-state index contributed by atoms with van der Waals surface area (Å²) in [6.45, 7) is 0. The Morgan fingerprint density at radius 2 is 0.585 bits per heavy atom. The van der Waals surface area contributed by atoms with Crippen LogP contribution in [-0.4, -0.2) is 0 Å². The molecule has 0 aromatic heterocycles. The number of benzene rings is 9. The van der Waals surface area contributed by atoms with Gasteiger partial charge in [-0.15, -0.1) is 0 Å². The Labute approximate surface area is 319 Å². The number of rotatable bonds is 8. The lowest BCUT2D eigenvalue weighted by atomic mass is 10.00. The van der Waals surface area contributed by atoms with Crippen molar-refractivity contribution in [1.29, 1.82) is 0 Å². The van der Waals surface area contributed by atoms with Crippen LogP contribution in [0.4, 0.5) is 34.1 Å². The van der Waals surface area contributed by atoms with Gasteiger partial charge in [0, 0.05) is 38.6 Å². The minimum absolute atomic E-state index is 0.993. The molecule has 53 heavy (non-hydrogen) atoms. The predicted octanol–water partition coefficient (Wildman–Crippen LogP) is 15.0. The fourth-order valence-electron chi connectivity index (χ4n) is 7.21. The van der Waals surface area contributed by atoms with Gasteiger partial charge in [0.05, 0.1) is 0 Å². The van der Waals surface area contributed by atoms with Crippen LogP contribution in [0, 0.1) is 0 Å². The largest absolute Gasteiger partial charge is 0.310 e. The van der Waals surface area contributed by atoms with Crippen molar-refractivity contribution in [2.24, 2.45) is 0 Å². The first kappa shape index (κ1) is 32.5. The van der Waals surface area contributed by atoms with E-state index in [9.17, 15) is 0 Å². The molecule has 9 aromatic carbocycles. The molecule has 0 unspecified atom stereocenters. The molecule has 0 bridgehead atoms. The third-order valence-corrected chi connectivity index (χ3v) is 10.3. The van der Waals surface area contributed by atoms with Crippen LogP contribution in [0.3, 0.4) is 0 Å². The second-order valence-electron chi connectivity index (χ2n) is 13.2. The summed E-state index contributed by atoms with van der Waals surface area (Å²) in [6.07, 6.45) is 0. The van der Waals surface area contributed by atoms with Gasteiger partial charge in [-0.25, -0.2) is 0 Å². The summed E-state index contributed by atoms with van der Waals surface area (Å²) in [6, 6.07) is 76.0. The standard InChI is InChI=1S/C50H35BrN2/c51-44-33-49(52(45-15-3-1-4-16-45)46-17-5-2-6-18-46)35-50(34-44)53(47-27-23-38(24-28-47)42-21-19-36-11-7-9-13-40(36)31-42)48-29-25-39(26-30-48)43-22-20-37-12-8-10-14-41(37)32-43/h1-35H. The monoisotopic (exact) mass is 742 g/mol. The third kappa shape index (κ3) is 6.71. The van der Waals surface area contributed by atoms with Gasteiger partial charge in [-0.3, -0.25) is 0 Å². The fraction of sp³-hybridized carbons (Fsp3) is 0. The predicted molar refractivity (Wildman–Crippen MR) is 229 cm³/mol. The summed E-state index contributed by atoms with van der Waals surface area (Å²) in [7, 11) is 0. The number of fused-ring (bicyclic) bond motifs is 2. The molecule has 9 rings (SSSR count). The molecule has 0 heterocycles. The lowest BCUT2D eigenvalue weighted by Crippen LogP contribution is -2.13. The smallest absolute Gasteiger partial charge is 0.0493 e. The Hall–Kier alpha value is -6.42. The lowest BCUT2D eigenvalue weighted by molar-refractivity contribution is 1.24. The van der Waals surface area contributed by atoms with Crippen LogP contribution in [0.15, 0.2) is 217 Å². The molecule has 9 aromatic rings. The number of hydrogen-bond acceptors (Lipinski definition) is 2. The molecular formula is C50H35BrN2. The van der Waals surface area contributed by atoms with Gasteiger partial charge in [0.1, 0.15) is 0 Å². The molecule has 0 amide bonds. The first-order valence-electron chi connectivity index (χ1n) is 17.9. The van der Waals surface area contributed by atoms with Crippen LogP contribution in [0.2, 0.25) is 0 Å². The molecule has 0 spiro atoms. The highest BCUT2D eigenvalue weighted by atomic mass is 79.9. The number of anilines is 6. The Kier molecular flexibility index (Phi) is 8.77. The topological polar surface area (TPSA) is 6.48 Å². The van der Waals surface area contributed by atoms with E-state index in [1.807, 2.05) is 0 Å². The van der Waals surface area contributed by atoms with Crippen molar-refractivity contribution in [3.8, 4) is 22.3 Å². The minimum atomic E-state index is 0.993. The van der Waals surface area contributed by atoms with Gasteiger partial charge in [0.25, 0.3) is 0 Å². The molecule has 0 aliphatic heterocycles. The van der Waals surface area contributed by atoms with Gasteiger partial charge in [0.2, 0.25) is 0 Å². The number of hydrogen-bond donors (Lipinski definition) is 0. The molecule has 2 nitrogen and oxygen atoms in total. The van der Waals surface area contributed by atoms with Gasteiger partial charge in [-0.1, -0.05) is 149 Å². The quantitative estimate of drug-likeness (QED) is 0.153. The first-order chi connectivity index (χ1) is 26.2. The van der Waals surface area contributed by atoms with E-state index in [-0.39, 0.29) is 0 Å². The zero-order chi connectivity index (χ0) is 35.6. The van der Waals surface area contributed by atoms with Crippen molar-refractivity contribution >= 4 is 71.6 Å². The van der Waals surface area contributed by atoms with E-state index in [1.54, 1.807) is 0 Å². The average Bonchev–Trinajstić information content (AvgIpc) is 3.22. The lowest BCUT2D eigenvalue weighted by Gasteiger charge is -2.30. The first-order valence-corrected chi connectivity index (χ1v) is 18.7. The van der Waals surface area contributed by atoms with E-state index in [0.717, 1.165) is 38.6 Å². The minimum Gasteiger partial charge on any atom is -0.310 e. The van der Waals surface area contributed by atoms with Crippen molar-refractivity contribution in [3.63, 3.8) is 0 Å². The van der Waals surface area contributed by atoms with Gasteiger partial charge in [-0.05, 0) is 123 Å². The summed E-state index contributed by atoms with van der Waals surface area (Å²) in [5, 5.41) is 4.98. The van der Waals surface area contributed by atoms with Crippen LogP contribution in [0.1, 0.15) is 0 Å². The molecule has 0 fully saturated rings. The van der Waals surface area contributed by atoms with Crippen molar-refractivity contribution in [2.45, 2.75) is 0 Å². The maximum atomic E-state index is 3.91.